The average molecular weight is 845 g/mol. The highest BCUT2D eigenvalue weighted by Crippen LogP contribution is 2.36. The summed E-state index contributed by atoms with van der Waals surface area (Å²) in [6.07, 6.45) is 7.12. The summed E-state index contributed by atoms with van der Waals surface area (Å²) < 4.78 is 121. The lowest BCUT2D eigenvalue weighted by Crippen LogP contribution is -2.27. The van der Waals surface area contributed by atoms with Gasteiger partial charge in [-0.3, -0.25) is 0 Å². The van der Waals surface area contributed by atoms with E-state index in [9.17, 15) is 26.3 Å². The molecule has 0 unspecified atom stereocenters. The van der Waals surface area contributed by atoms with Gasteiger partial charge in [-0.05, 0) is 37.5 Å². The molecule has 0 aromatic heterocycles. The van der Waals surface area contributed by atoms with Gasteiger partial charge in [0.2, 0.25) is 0 Å². The summed E-state index contributed by atoms with van der Waals surface area (Å²) in [5, 5.41) is 0. The van der Waals surface area contributed by atoms with Gasteiger partial charge in [-0.25, -0.2) is 0 Å². The van der Waals surface area contributed by atoms with Gasteiger partial charge in [0.1, 0.15) is 17.2 Å². The Hall–Kier alpha value is -3.60. The molecule has 3 heterocycles. The van der Waals surface area contributed by atoms with Crippen molar-refractivity contribution in [1.82, 2.24) is 0 Å². The Bertz CT molecular complexity index is 1560. The summed E-state index contributed by atoms with van der Waals surface area (Å²) in [6, 6.07) is 19.7. The zero-order valence-electron chi connectivity index (χ0n) is 34.0. The van der Waals surface area contributed by atoms with E-state index >= 15 is 0 Å². The number of halogens is 6. The zero-order chi connectivity index (χ0) is 42.4. The van der Waals surface area contributed by atoms with Crippen molar-refractivity contribution >= 4 is 0 Å². The number of hydrogen-bond donors (Lipinski definition) is 0. The van der Waals surface area contributed by atoms with E-state index in [2.05, 4.69) is 35.0 Å². The van der Waals surface area contributed by atoms with Crippen LogP contribution in [-0.2, 0) is 28.4 Å². The summed E-state index contributed by atoms with van der Waals surface area (Å²) in [5.41, 5.74) is 1.54. The van der Waals surface area contributed by atoms with E-state index in [0.29, 0.717) is 74.1 Å². The van der Waals surface area contributed by atoms with Crippen molar-refractivity contribution < 1.29 is 69.0 Å². The normalized spacial score (nSPS) is 23.2. The second-order valence-electron chi connectivity index (χ2n) is 14.4. The van der Waals surface area contributed by atoms with Crippen LogP contribution in [0.5, 0.6) is 17.2 Å². The standard InChI is InChI=1S/C16H22F2O3.C15H20F2O3.C13H16F2O3/c1-2-3-4-7-12-10-19-15(20-11-12)13-8-5-6-9-14(13)21-16(17)18;1-2-3-6-11-9-18-14(19-10-11)12-7-4-5-8-13(12)20-15(16)17;1-2-9-7-16-12(17-8-9)10-5-3-4-6-11(10)18-13(14)15/h5-6,8-9,12,15-16H,2-4,7,10-11H2,1H3;4-5,7-8,11,14-15H,2-3,6,9-10H2,1H3;3-6,9,12-13H,2,7-8H2,1H3. The van der Waals surface area contributed by atoms with Gasteiger partial charge >= 0.3 is 19.8 Å². The van der Waals surface area contributed by atoms with Crippen LogP contribution in [0.1, 0.15) is 108 Å². The molecule has 15 heteroatoms. The van der Waals surface area contributed by atoms with Crippen LogP contribution in [0.3, 0.4) is 0 Å². The molecule has 9 nitrogen and oxygen atoms in total. The lowest BCUT2D eigenvalue weighted by atomic mass is 10.0. The smallest absolute Gasteiger partial charge is 0.387 e. The van der Waals surface area contributed by atoms with Crippen LogP contribution in [0.4, 0.5) is 26.3 Å². The Balaban J connectivity index is 0.000000196. The van der Waals surface area contributed by atoms with Gasteiger partial charge in [0.05, 0.1) is 39.6 Å². The van der Waals surface area contributed by atoms with Crippen molar-refractivity contribution in [3.05, 3.63) is 89.5 Å². The maximum Gasteiger partial charge on any atom is 0.387 e. The van der Waals surface area contributed by atoms with Crippen molar-refractivity contribution in [2.45, 2.75) is 111 Å². The lowest BCUT2D eigenvalue weighted by molar-refractivity contribution is -0.207. The van der Waals surface area contributed by atoms with Gasteiger partial charge in [0, 0.05) is 34.4 Å². The van der Waals surface area contributed by atoms with Gasteiger partial charge in [-0.1, -0.05) is 107 Å². The predicted molar refractivity (Wildman–Crippen MR) is 208 cm³/mol. The first kappa shape index (κ1) is 48.1. The minimum atomic E-state index is -2.85. The Morgan fingerprint density at radius 2 is 0.746 bits per heavy atom. The third kappa shape index (κ3) is 16.8. The summed E-state index contributed by atoms with van der Waals surface area (Å²) in [7, 11) is 0. The molecule has 330 valence electrons. The second-order valence-corrected chi connectivity index (χ2v) is 14.4. The Morgan fingerprint density at radius 3 is 1.05 bits per heavy atom. The molecule has 0 N–H and O–H groups in total. The predicted octanol–water partition coefficient (Wildman–Crippen LogP) is 12.0. The van der Waals surface area contributed by atoms with Gasteiger partial charge in [0.15, 0.2) is 18.9 Å². The lowest BCUT2D eigenvalue weighted by Gasteiger charge is -2.30. The molecule has 3 fully saturated rings. The minimum absolute atomic E-state index is 0.104. The first-order chi connectivity index (χ1) is 28.6. The van der Waals surface area contributed by atoms with E-state index in [-0.39, 0.29) is 17.2 Å². The average Bonchev–Trinajstić information content (AvgIpc) is 3.24. The molecule has 0 bridgehead atoms. The first-order valence-corrected chi connectivity index (χ1v) is 20.4. The van der Waals surface area contributed by atoms with Crippen LogP contribution in [0.2, 0.25) is 0 Å². The molecule has 6 rings (SSSR count). The molecular weight excluding hydrogens is 786 g/mol. The van der Waals surface area contributed by atoms with Crippen LogP contribution in [0, 0.1) is 17.8 Å². The number of para-hydroxylation sites is 3. The molecular formula is C44H58F6O9. The molecule has 0 atom stereocenters. The van der Waals surface area contributed by atoms with Crippen LogP contribution in [0.15, 0.2) is 72.8 Å². The summed E-state index contributed by atoms with van der Waals surface area (Å²) in [4.78, 5) is 0. The van der Waals surface area contributed by atoms with E-state index in [1.54, 1.807) is 54.6 Å². The molecule has 3 aromatic carbocycles. The maximum absolute atomic E-state index is 12.4. The Kier molecular flexibility index (Phi) is 21.7. The van der Waals surface area contributed by atoms with E-state index in [4.69, 9.17) is 28.4 Å². The fourth-order valence-corrected chi connectivity index (χ4v) is 6.55. The maximum atomic E-state index is 12.4. The Labute approximate surface area is 343 Å². The van der Waals surface area contributed by atoms with E-state index in [0.717, 1.165) is 32.1 Å². The molecule has 3 aliphatic rings. The number of hydrogen-bond acceptors (Lipinski definition) is 9. The third-order valence-corrected chi connectivity index (χ3v) is 9.83. The molecule has 0 saturated carbocycles. The zero-order valence-corrected chi connectivity index (χ0v) is 34.0. The van der Waals surface area contributed by atoms with E-state index < -0.39 is 38.7 Å². The fourth-order valence-electron chi connectivity index (χ4n) is 6.55. The van der Waals surface area contributed by atoms with Crippen LogP contribution >= 0.6 is 0 Å². The fraction of sp³-hybridized carbons (Fsp3) is 0.591. The highest BCUT2D eigenvalue weighted by molar-refractivity contribution is 5.36. The number of unbranched alkanes of at least 4 members (excludes halogenated alkanes) is 3. The molecule has 3 aliphatic heterocycles. The highest BCUT2D eigenvalue weighted by atomic mass is 19.3. The van der Waals surface area contributed by atoms with Crippen molar-refractivity contribution in [1.29, 1.82) is 0 Å². The van der Waals surface area contributed by atoms with Crippen molar-refractivity contribution in [3.63, 3.8) is 0 Å². The van der Waals surface area contributed by atoms with Gasteiger partial charge < -0.3 is 42.6 Å². The first-order valence-electron chi connectivity index (χ1n) is 20.4. The number of benzene rings is 3. The largest absolute Gasteiger partial charge is 0.434 e. The summed E-state index contributed by atoms with van der Waals surface area (Å²) in [6.45, 7) is 1.34. The van der Waals surface area contributed by atoms with Crippen LogP contribution in [0.25, 0.3) is 0 Å². The van der Waals surface area contributed by atoms with Gasteiger partial charge in [-0.2, -0.15) is 26.3 Å². The number of alkyl halides is 6. The SMILES string of the molecule is CCC1COC(c2ccccc2OC(F)F)OC1.CCCCC1COC(c2ccccc2OC(F)F)OC1.CCCCCC1COC(c2ccccc2OC(F)F)OC1. The molecule has 3 aromatic rings. The van der Waals surface area contributed by atoms with Gasteiger partial charge in [0.25, 0.3) is 0 Å². The monoisotopic (exact) mass is 844 g/mol. The minimum Gasteiger partial charge on any atom is -0.434 e. The highest BCUT2D eigenvalue weighted by Gasteiger charge is 2.28. The Morgan fingerprint density at radius 1 is 0.441 bits per heavy atom. The second kappa shape index (κ2) is 26.6. The van der Waals surface area contributed by atoms with Crippen LogP contribution < -0.4 is 14.2 Å². The van der Waals surface area contributed by atoms with E-state index in [1.165, 1.54) is 37.5 Å². The van der Waals surface area contributed by atoms with Crippen molar-refractivity contribution in [2.24, 2.45) is 17.8 Å². The summed E-state index contributed by atoms with van der Waals surface area (Å²) in [5.74, 6) is 1.46. The van der Waals surface area contributed by atoms with Gasteiger partial charge in [-0.15, -0.1) is 0 Å². The van der Waals surface area contributed by atoms with Crippen molar-refractivity contribution in [3.8, 4) is 17.2 Å². The topological polar surface area (TPSA) is 83.1 Å². The molecule has 0 amide bonds. The van der Waals surface area contributed by atoms with Crippen molar-refractivity contribution in [2.75, 3.05) is 39.6 Å². The molecule has 3 saturated heterocycles. The molecule has 0 spiro atoms. The number of ether oxygens (including phenoxy) is 9. The molecule has 0 aliphatic carbocycles. The summed E-state index contributed by atoms with van der Waals surface area (Å²) >= 11 is 0. The van der Waals surface area contributed by atoms with E-state index in [1.807, 2.05) is 0 Å². The van der Waals surface area contributed by atoms with Crippen LogP contribution in [-0.4, -0.2) is 59.5 Å². The quantitative estimate of drug-likeness (QED) is 0.0974. The third-order valence-electron chi connectivity index (χ3n) is 9.83. The number of rotatable bonds is 17. The molecule has 59 heavy (non-hydrogen) atoms. The molecule has 0 radical (unpaired) electrons.